The van der Waals surface area contributed by atoms with E-state index in [1.165, 1.54) is 0 Å². The van der Waals surface area contributed by atoms with E-state index >= 15 is 0 Å². The summed E-state index contributed by atoms with van der Waals surface area (Å²) in [6.07, 6.45) is -0.682. The Labute approximate surface area is 146 Å². The second kappa shape index (κ2) is 8.19. The number of carbonyl (C=O) groups is 2. The molecule has 0 fully saturated rings. The van der Waals surface area contributed by atoms with E-state index in [1.807, 2.05) is 30.3 Å². The van der Waals surface area contributed by atoms with E-state index in [0.717, 1.165) is 22.3 Å². The fourth-order valence-corrected chi connectivity index (χ4v) is 2.60. The van der Waals surface area contributed by atoms with Crippen molar-refractivity contribution in [2.75, 3.05) is 0 Å². The summed E-state index contributed by atoms with van der Waals surface area (Å²) in [7, 11) is 0. The lowest BCUT2D eigenvalue weighted by Crippen LogP contribution is -2.42. The van der Waals surface area contributed by atoms with Gasteiger partial charge in [-0.15, -0.1) is 0 Å². The molecule has 2 aromatic carbocycles. The van der Waals surface area contributed by atoms with Crippen LogP contribution in [0, 0.1) is 13.8 Å². The first kappa shape index (κ1) is 18.3. The van der Waals surface area contributed by atoms with Crippen LogP contribution in [0.2, 0.25) is 0 Å². The van der Waals surface area contributed by atoms with Crippen LogP contribution >= 0.6 is 0 Å². The van der Waals surface area contributed by atoms with Gasteiger partial charge in [-0.25, -0.2) is 9.59 Å². The molecule has 0 aliphatic rings. The number of phenolic OH excluding ortho intramolecular Hbond substituents is 1. The number of rotatable bonds is 6. The standard InChI is InChI=1S/C19H21NO5/c1-12-8-15(21)9-13(2)16(12)10-17(18(22)23)20-19(24)25-11-14-6-4-3-5-7-14/h3-9,17,21H,10-11H2,1-2H3,(H,20,24)(H,22,23). The van der Waals surface area contributed by atoms with Gasteiger partial charge in [0.2, 0.25) is 0 Å². The zero-order chi connectivity index (χ0) is 18.4. The molecule has 6 nitrogen and oxygen atoms in total. The lowest BCUT2D eigenvalue weighted by atomic mass is 9.96. The van der Waals surface area contributed by atoms with Gasteiger partial charge in [0.25, 0.3) is 0 Å². The number of aliphatic carboxylic acids is 1. The normalized spacial score (nSPS) is 11.6. The van der Waals surface area contributed by atoms with E-state index in [-0.39, 0.29) is 18.8 Å². The molecule has 1 amide bonds. The lowest BCUT2D eigenvalue weighted by Gasteiger charge is -2.17. The highest BCUT2D eigenvalue weighted by Crippen LogP contribution is 2.22. The van der Waals surface area contributed by atoms with Crippen LogP contribution in [0.4, 0.5) is 4.79 Å². The van der Waals surface area contributed by atoms with Gasteiger partial charge in [-0.1, -0.05) is 30.3 Å². The molecule has 0 bridgehead atoms. The number of benzene rings is 2. The summed E-state index contributed by atoms with van der Waals surface area (Å²) in [5.74, 6) is -1.02. The van der Waals surface area contributed by atoms with Crippen LogP contribution in [0.3, 0.4) is 0 Å². The maximum Gasteiger partial charge on any atom is 0.408 e. The number of hydrogen-bond donors (Lipinski definition) is 3. The summed E-state index contributed by atoms with van der Waals surface area (Å²) in [6, 6.07) is 11.1. The first-order valence-electron chi connectivity index (χ1n) is 7.86. The topological polar surface area (TPSA) is 95.9 Å². The Balaban J connectivity index is 2.01. The smallest absolute Gasteiger partial charge is 0.408 e. The van der Waals surface area contributed by atoms with E-state index < -0.39 is 18.1 Å². The van der Waals surface area contributed by atoms with Crippen LogP contribution < -0.4 is 5.32 Å². The van der Waals surface area contributed by atoms with Gasteiger partial charge in [-0.05, 0) is 48.2 Å². The van der Waals surface area contributed by atoms with Gasteiger partial charge in [-0.2, -0.15) is 0 Å². The predicted octanol–water partition coefficient (Wildman–Crippen LogP) is 2.93. The number of carboxylic acid groups (broad SMARTS) is 1. The van der Waals surface area contributed by atoms with Crippen molar-refractivity contribution in [1.29, 1.82) is 0 Å². The third-order valence-electron chi connectivity index (χ3n) is 3.89. The van der Waals surface area contributed by atoms with Crippen molar-refractivity contribution < 1.29 is 24.5 Å². The van der Waals surface area contributed by atoms with Gasteiger partial charge in [0.1, 0.15) is 18.4 Å². The molecule has 25 heavy (non-hydrogen) atoms. The van der Waals surface area contributed by atoms with Gasteiger partial charge in [0.15, 0.2) is 0 Å². The molecule has 132 valence electrons. The van der Waals surface area contributed by atoms with Gasteiger partial charge < -0.3 is 20.3 Å². The number of amides is 1. The number of hydrogen-bond acceptors (Lipinski definition) is 4. The van der Waals surface area contributed by atoms with Crippen LogP contribution in [-0.4, -0.2) is 28.3 Å². The van der Waals surface area contributed by atoms with Crippen molar-refractivity contribution in [1.82, 2.24) is 5.32 Å². The van der Waals surface area contributed by atoms with Gasteiger partial charge in [0.05, 0.1) is 0 Å². The molecule has 1 unspecified atom stereocenters. The molecule has 0 saturated carbocycles. The van der Waals surface area contributed by atoms with Crippen molar-refractivity contribution in [2.45, 2.75) is 32.9 Å². The third kappa shape index (κ3) is 5.24. The maximum atomic E-state index is 11.9. The summed E-state index contributed by atoms with van der Waals surface area (Å²) in [5, 5.41) is 21.3. The zero-order valence-corrected chi connectivity index (χ0v) is 14.2. The third-order valence-corrected chi connectivity index (χ3v) is 3.89. The molecular formula is C19H21NO5. The highest BCUT2D eigenvalue weighted by Gasteiger charge is 2.23. The minimum absolute atomic E-state index is 0.0658. The summed E-state index contributed by atoms with van der Waals surface area (Å²) in [5.41, 5.74) is 3.12. The molecule has 0 aliphatic heterocycles. The highest BCUT2D eigenvalue weighted by atomic mass is 16.5. The summed E-state index contributed by atoms with van der Waals surface area (Å²) in [6.45, 7) is 3.64. The average Bonchev–Trinajstić information content (AvgIpc) is 2.55. The largest absolute Gasteiger partial charge is 0.508 e. The fourth-order valence-electron chi connectivity index (χ4n) is 2.60. The fraction of sp³-hybridized carbons (Fsp3) is 0.263. The molecule has 0 aromatic heterocycles. The van der Waals surface area contributed by atoms with Crippen molar-refractivity contribution in [3.8, 4) is 5.75 Å². The Morgan fingerprint density at radius 3 is 2.28 bits per heavy atom. The average molecular weight is 343 g/mol. The van der Waals surface area contributed by atoms with Crippen molar-refractivity contribution in [2.24, 2.45) is 0 Å². The number of ether oxygens (including phenoxy) is 1. The number of carboxylic acids is 1. The molecule has 0 saturated heterocycles. The monoisotopic (exact) mass is 343 g/mol. The minimum atomic E-state index is -1.15. The number of aromatic hydroxyl groups is 1. The van der Waals surface area contributed by atoms with Crippen LogP contribution in [0.25, 0.3) is 0 Å². The number of phenols is 1. The zero-order valence-electron chi connectivity index (χ0n) is 14.2. The van der Waals surface area contributed by atoms with E-state index in [4.69, 9.17) is 4.74 Å². The van der Waals surface area contributed by atoms with Gasteiger partial charge in [-0.3, -0.25) is 0 Å². The number of nitrogens with one attached hydrogen (secondary N) is 1. The van der Waals surface area contributed by atoms with E-state index in [2.05, 4.69) is 5.32 Å². The molecule has 3 N–H and O–H groups in total. The van der Waals surface area contributed by atoms with E-state index in [1.54, 1.807) is 26.0 Å². The van der Waals surface area contributed by atoms with Crippen molar-refractivity contribution in [3.05, 3.63) is 64.7 Å². The Kier molecular flexibility index (Phi) is 6.00. The molecule has 1 atom stereocenters. The predicted molar refractivity (Wildman–Crippen MR) is 92.5 cm³/mol. The molecule has 2 rings (SSSR count). The molecular weight excluding hydrogens is 322 g/mol. The Bertz CT molecular complexity index is 735. The number of carbonyl (C=O) groups excluding carboxylic acids is 1. The Morgan fingerprint density at radius 2 is 1.72 bits per heavy atom. The second-order valence-corrected chi connectivity index (χ2v) is 5.86. The highest BCUT2D eigenvalue weighted by molar-refractivity contribution is 5.80. The molecule has 0 heterocycles. The lowest BCUT2D eigenvalue weighted by molar-refractivity contribution is -0.139. The first-order chi connectivity index (χ1) is 11.9. The summed E-state index contributed by atoms with van der Waals surface area (Å²) < 4.78 is 5.07. The van der Waals surface area contributed by atoms with Crippen molar-refractivity contribution >= 4 is 12.1 Å². The van der Waals surface area contributed by atoms with Gasteiger partial charge in [0, 0.05) is 6.42 Å². The van der Waals surface area contributed by atoms with E-state index in [9.17, 15) is 19.8 Å². The second-order valence-electron chi connectivity index (χ2n) is 5.86. The quantitative estimate of drug-likeness (QED) is 0.749. The Morgan fingerprint density at radius 1 is 1.12 bits per heavy atom. The van der Waals surface area contributed by atoms with Gasteiger partial charge >= 0.3 is 12.1 Å². The van der Waals surface area contributed by atoms with Crippen LogP contribution in [0.5, 0.6) is 5.75 Å². The SMILES string of the molecule is Cc1cc(O)cc(C)c1CC(NC(=O)OCc1ccccc1)C(=O)O. The summed E-state index contributed by atoms with van der Waals surface area (Å²) in [4.78, 5) is 23.4. The Hall–Kier alpha value is -3.02. The van der Waals surface area contributed by atoms with E-state index in [0.29, 0.717) is 0 Å². The summed E-state index contributed by atoms with van der Waals surface area (Å²) >= 11 is 0. The minimum Gasteiger partial charge on any atom is -0.508 e. The van der Waals surface area contributed by atoms with Crippen LogP contribution in [-0.2, 0) is 22.6 Å². The number of aryl methyl sites for hydroxylation is 2. The molecule has 0 aliphatic carbocycles. The van der Waals surface area contributed by atoms with Crippen LogP contribution in [0.15, 0.2) is 42.5 Å². The van der Waals surface area contributed by atoms with Crippen LogP contribution in [0.1, 0.15) is 22.3 Å². The molecule has 6 heteroatoms. The van der Waals surface area contributed by atoms with Crippen molar-refractivity contribution in [3.63, 3.8) is 0 Å². The molecule has 2 aromatic rings. The first-order valence-corrected chi connectivity index (χ1v) is 7.86. The molecule has 0 spiro atoms. The maximum absolute atomic E-state index is 11.9. The molecule has 0 radical (unpaired) electrons. The number of alkyl carbamates (subject to hydrolysis) is 1.